The van der Waals surface area contributed by atoms with Crippen LogP contribution in [0.25, 0.3) is 0 Å². The highest BCUT2D eigenvalue weighted by atomic mass is 17.4. The second-order valence-electron chi connectivity index (χ2n) is 7.57. The lowest BCUT2D eigenvalue weighted by atomic mass is 9.52. The molecule has 1 atom stereocenters. The van der Waals surface area contributed by atoms with Crippen molar-refractivity contribution in [3.8, 4) is 0 Å². The second-order valence-corrected chi connectivity index (χ2v) is 7.57. The summed E-state index contributed by atoms with van der Waals surface area (Å²) >= 11 is 0. The smallest absolute Gasteiger partial charge is 0.198 e. The van der Waals surface area contributed by atoms with Crippen molar-refractivity contribution in [2.45, 2.75) is 68.1 Å². The molecule has 0 amide bonds. The van der Waals surface area contributed by atoms with Crippen molar-refractivity contribution in [3.05, 3.63) is 0 Å². The summed E-state index contributed by atoms with van der Waals surface area (Å²) in [6, 6.07) is 0. The summed E-state index contributed by atoms with van der Waals surface area (Å²) < 4.78 is 0. The van der Waals surface area contributed by atoms with Crippen LogP contribution in [-0.2, 0) is 9.78 Å². The number of rotatable bonds is 3. The average Bonchev–Trinajstić information content (AvgIpc) is 2.80. The quantitative estimate of drug-likeness (QED) is 0.528. The van der Waals surface area contributed by atoms with Crippen molar-refractivity contribution in [1.29, 1.82) is 0 Å². The Kier molecular flexibility index (Phi) is 3.49. The SMILES string of the molecule is CC(CC(C)(C(C)(C)C)C(C)(C)C)C1OO1. The average molecular weight is 228 g/mol. The first kappa shape index (κ1) is 14.0. The minimum absolute atomic E-state index is 0.0315. The normalized spacial score (nSPS) is 21.0. The van der Waals surface area contributed by atoms with Crippen LogP contribution >= 0.6 is 0 Å². The maximum Gasteiger partial charge on any atom is 0.227 e. The van der Waals surface area contributed by atoms with Gasteiger partial charge in [0.25, 0.3) is 0 Å². The molecule has 0 aromatic heterocycles. The second kappa shape index (κ2) is 3.99. The third kappa shape index (κ3) is 2.60. The fraction of sp³-hybridized carbons (Fsp3) is 1.00. The highest BCUT2D eigenvalue weighted by molar-refractivity contribution is 4.96. The number of hydrogen-bond acceptors (Lipinski definition) is 2. The summed E-state index contributed by atoms with van der Waals surface area (Å²) in [5, 5.41) is 0. The maximum atomic E-state index is 4.94. The molecule has 0 radical (unpaired) electrons. The van der Waals surface area contributed by atoms with E-state index in [1.165, 1.54) is 0 Å². The van der Waals surface area contributed by atoms with Gasteiger partial charge in [-0.3, -0.25) is 0 Å². The summed E-state index contributed by atoms with van der Waals surface area (Å²) in [4.78, 5) is 9.88. The topological polar surface area (TPSA) is 25.1 Å². The highest BCUT2D eigenvalue weighted by Gasteiger charge is 2.49. The lowest BCUT2D eigenvalue weighted by molar-refractivity contribution is -0.0371. The lowest BCUT2D eigenvalue weighted by Gasteiger charge is -2.52. The van der Waals surface area contributed by atoms with E-state index in [0.717, 1.165) is 6.42 Å². The Labute approximate surface area is 101 Å². The molecule has 1 unspecified atom stereocenters. The van der Waals surface area contributed by atoms with Gasteiger partial charge in [-0.15, -0.1) is 0 Å². The van der Waals surface area contributed by atoms with E-state index in [-0.39, 0.29) is 22.5 Å². The van der Waals surface area contributed by atoms with Crippen LogP contribution in [-0.4, -0.2) is 6.29 Å². The summed E-state index contributed by atoms with van der Waals surface area (Å²) in [5.41, 5.74) is 0.803. The first-order valence-electron chi connectivity index (χ1n) is 6.31. The Morgan fingerprint density at radius 2 is 1.25 bits per heavy atom. The van der Waals surface area contributed by atoms with Crippen LogP contribution in [0.15, 0.2) is 0 Å². The molecule has 1 heterocycles. The van der Waals surface area contributed by atoms with E-state index in [1.807, 2.05) is 0 Å². The molecule has 16 heavy (non-hydrogen) atoms. The molecule has 1 aliphatic rings. The third-order valence-electron chi connectivity index (χ3n) is 4.71. The van der Waals surface area contributed by atoms with Crippen molar-refractivity contribution in [2.24, 2.45) is 22.2 Å². The maximum absolute atomic E-state index is 4.94. The minimum atomic E-state index is 0.0315. The Bertz CT molecular complexity index is 226. The Hall–Kier alpha value is -0.0800. The minimum Gasteiger partial charge on any atom is -0.198 e. The van der Waals surface area contributed by atoms with E-state index in [9.17, 15) is 0 Å². The van der Waals surface area contributed by atoms with Gasteiger partial charge in [0.15, 0.2) is 0 Å². The Balaban J connectivity index is 2.86. The molecule has 0 spiro atoms. The largest absolute Gasteiger partial charge is 0.227 e. The Morgan fingerprint density at radius 3 is 1.50 bits per heavy atom. The standard InChI is InChI=1S/C14H28O2/c1-10(11-15-16-11)9-14(8,12(2,3)4)13(5,6)7/h10-11H,9H2,1-8H3. The van der Waals surface area contributed by atoms with Crippen LogP contribution < -0.4 is 0 Å². The number of hydrogen-bond donors (Lipinski definition) is 0. The third-order valence-corrected chi connectivity index (χ3v) is 4.71. The van der Waals surface area contributed by atoms with Crippen molar-refractivity contribution >= 4 is 0 Å². The molecule has 96 valence electrons. The fourth-order valence-corrected chi connectivity index (χ4v) is 2.70. The highest BCUT2D eigenvalue weighted by Crippen LogP contribution is 2.55. The zero-order valence-corrected chi connectivity index (χ0v) is 12.2. The van der Waals surface area contributed by atoms with E-state index >= 15 is 0 Å². The van der Waals surface area contributed by atoms with Crippen molar-refractivity contribution in [3.63, 3.8) is 0 Å². The molecule has 0 bridgehead atoms. The molecule has 1 aliphatic heterocycles. The van der Waals surface area contributed by atoms with Gasteiger partial charge in [-0.1, -0.05) is 55.4 Å². The van der Waals surface area contributed by atoms with Crippen LogP contribution in [0, 0.1) is 22.2 Å². The Morgan fingerprint density at radius 1 is 0.875 bits per heavy atom. The molecule has 1 rings (SSSR count). The van der Waals surface area contributed by atoms with Gasteiger partial charge in [-0.2, -0.15) is 9.78 Å². The van der Waals surface area contributed by atoms with Crippen LogP contribution in [0.2, 0.25) is 0 Å². The van der Waals surface area contributed by atoms with Gasteiger partial charge in [-0.05, 0) is 22.7 Å². The van der Waals surface area contributed by atoms with Crippen LogP contribution in [0.1, 0.15) is 61.8 Å². The zero-order valence-electron chi connectivity index (χ0n) is 12.2. The molecule has 0 saturated carbocycles. The van der Waals surface area contributed by atoms with Crippen molar-refractivity contribution in [1.82, 2.24) is 0 Å². The van der Waals surface area contributed by atoms with Gasteiger partial charge in [0.05, 0.1) is 0 Å². The summed E-state index contributed by atoms with van der Waals surface area (Å²) in [6.45, 7) is 18.6. The van der Waals surface area contributed by atoms with E-state index in [1.54, 1.807) is 0 Å². The molecule has 1 fully saturated rings. The van der Waals surface area contributed by atoms with E-state index < -0.39 is 0 Å². The van der Waals surface area contributed by atoms with E-state index in [4.69, 9.17) is 9.78 Å². The van der Waals surface area contributed by atoms with Crippen molar-refractivity contribution < 1.29 is 9.78 Å². The summed E-state index contributed by atoms with van der Waals surface area (Å²) in [6.07, 6.45) is 1.16. The molecule has 0 aromatic carbocycles. The van der Waals surface area contributed by atoms with Gasteiger partial charge in [0.1, 0.15) is 0 Å². The van der Waals surface area contributed by atoms with Crippen LogP contribution in [0.5, 0.6) is 0 Å². The van der Waals surface area contributed by atoms with Crippen LogP contribution in [0.3, 0.4) is 0 Å². The van der Waals surface area contributed by atoms with Gasteiger partial charge in [-0.25, -0.2) is 0 Å². The van der Waals surface area contributed by atoms with Gasteiger partial charge < -0.3 is 0 Å². The molecular formula is C14H28O2. The lowest BCUT2D eigenvalue weighted by Crippen LogP contribution is -2.45. The predicted octanol–water partition coefficient (Wildman–Crippen LogP) is 4.40. The predicted molar refractivity (Wildman–Crippen MR) is 66.8 cm³/mol. The molecule has 0 aliphatic carbocycles. The van der Waals surface area contributed by atoms with E-state index in [0.29, 0.717) is 5.92 Å². The zero-order chi connectivity index (χ0) is 12.8. The van der Waals surface area contributed by atoms with Gasteiger partial charge >= 0.3 is 0 Å². The molecule has 2 heteroatoms. The molecule has 1 saturated heterocycles. The molecule has 2 nitrogen and oxygen atoms in total. The molecule has 0 N–H and O–H groups in total. The summed E-state index contributed by atoms with van der Waals surface area (Å²) in [7, 11) is 0. The first-order valence-corrected chi connectivity index (χ1v) is 6.31. The van der Waals surface area contributed by atoms with E-state index in [2.05, 4.69) is 55.4 Å². The molecule has 0 aromatic rings. The summed E-state index contributed by atoms with van der Waals surface area (Å²) in [5.74, 6) is 0.462. The molecular weight excluding hydrogens is 200 g/mol. The fourth-order valence-electron chi connectivity index (χ4n) is 2.70. The van der Waals surface area contributed by atoms with Crippen LogP contribution in [0.4, 0.5) is 0 Å². The van der Waals surface area contributed by atoms with Gasteiger partial charge in [0.2, 0.25) is 6.29 Å². The monoisotopic (exact) mass is 228 g/mol. The van der Waals surface area contributed by atoms with Crippen molar-refractivity contribution in [2.75, 3.05) is 0 Å². The first-order chi connectivity index (χ1) is 6.99. The van der Waals surface area contributed by atoms with Gasteiger partial charge in [0, 0.05) is 5.92 Å².